The highest BCUT2D eigenvalue weighted by Gasteiger charge is 2.19. The third-order valence-corrected chi connectivity index (χ3v) is 1.84. The molecule has 2 rings (SSSR count). The minimum atomic E-state index is 0.228. The molecule has 0 radical (unpaired) electrons. The van der Waals surface area contributed by atoms with Gasteiger partial charge in [-0.3, -0.25) is 0 Å². The summed E-state index contributed by atoms with van der Waals surface area (Å²) in [5.41, 5.74) is 0. The maximum Gasteiger partial charge on any atom is 0.231 e. The fourth-order valence-electron chi connectivity index (χ4n) is 1.10. The molecule has 4 heteroatoms. The number of fused-ring (bicyclic) bond motifs is 1. The van der Waals surface area contributed by atoms with Crippen LogP contribution in [-0.4, -0.2) is 13.9 Å². The summed E-state index contributed by atoms with van der Waals surface area (Å²) in [7, 11) is 1.56. The lowest BCUT2D eigenvalue weighted by Crippen LogP contribution is -1.93. The van der Waals surface area contributed by atoms with Gasteiger partial charge in [-0.15, -0.1) is 0 Å². The monoisotopic (exact) mass is 186 g/mol. The Morgan fingerprint density at radius 3 is 3.00 bits per heavy atom. The molecule has 1 aliphatic heterocycles. The summed E-state index contributed by atoms with van der Waals surface area (Å²) in [6.45, 7) is 0.228. The van der Waals surface area contributed by atoms with E-state index in [9.17, 15) is 0 Å². The van der Waals surface area contributed by atoms with Crippen LogP contribution in [0.3, 0.4) is 0 Å². The van der Waals surface area contributed by atoms with Gasteiger partial charge in [-0.05, 0) is 0 Å². The molecule has 0 spiro atoms. The van der Waals surface area contributed by atoms with Gasteiger partial charge < -0.3 is 14.2 Å². The normalized spacial score (nSPS) is 13.2. The molecule has 0 N–H and O–H groups in total. The number of ether oxygens (including phenoxy) is 3. The Bertz CT molecular complexity index is 311. The summed E-state index contributed by atoms with van der Waals surface area (Å²) in [5, 5.41) is 0.580. The van der Waals surface area contributed by atoms with E-state index in [0.29, 0.717) is 22.3 Å². The van der Waals surface area contributed by atoms with Crippen LogP contribution >= 0.6 is 11.6 Å². The largest absolute Gasteiger partial charge is 0.493 e. The van der Waals surface area contributed by atoms with Crippen molar-refractivity contribution in [3.05, 3.63) is 17.2 Å². The van der Waals surface area contributed by atoms with E-state index < -0.39 is 0 Å². The standard InChI is InChI=1S/C8H7ClO3/c1-10-6-2-5(9)3-7-8(6)12-4-11-7/h2-3H,4H2,1H3. The average molecular weight is 187 g/mol. The summed E-state index contributed by atoms with van der Waals surface area (Å²) in [6.07, 6.45) is 0. The lowest BCUT2D eigenvalue weighted by atomic mass is 10.3. The van der Waals surface area contributed by atoms with Crippen molar-refractivity contribution in [1.82, 2.24) is 0 Å². The highest BCUT2D eigenvalue weighted by atomic mass is 35.5. The van der Waals surface area contributed by atoms with Crippen LogP contribution in [0, 0.1) is 0 Å². The van der Waals surface area contributed by atoms with E-state index in [1.54, 1.807) is 19.2 Å². The van der Waals surface area contributed by atoms with Gasteiger partial charge in [0.1, 0.15) is 0 Å². The maximum atomic E-state index is 5.79. The van der Waals surface area contributed by atoms with Gasteiger partial charge >= 0.3 is 0 Å². The molecular weight excluding hydrogens is 180 g/mol. The number of hydrogen-bond donors (Lipinski definition) is 0. The molecule has 1 heterocycles. The molecule has 1 aromatic rings. The van der Waals surface area contributed by atoms with Crippen molar-refractivity contribution in [2.24, 2.45) is 0 Å². The molecule has 0 bridgehead atoms. The SMILES string of the molecule is COc1cc(Cl)cc2c1OCO2. The number of methoxy groups -OCH3 is 1. The molecule has 0 amide bonds. The van der Waals surface area contributed by atoms with Gasteiger partial charge in [0, 0.05) is 17.2 Å². The van der Waals surface area contributed by atoms with Crippen LogP contribution in [0.1, 0.15) is 0 Å². The summed E-state index contributed by atoms with van der Waals surface area (Å²) in [6, 6.07) is 3.39. The van der Waals surface area contributed by atoms with Gasteiger partial charge in [0.2, 0.25) is 12.5 Å². The smallest absolute Gasteiger partial charge is 0.231 e. The van der Waals surface area contributed by atoms with Gasteiger partial charge in [0.15, 0.2) is 11.5 Å². The van der Waals surface area contributed by atoms with Crippen LogP contribution in [0.2, 0.25) is 5.02 Å². The third-order valence-electron chi connectivity index (χ3n) is 1.62. The fraction of sp³-hybridized carbons (Fsp3) is 0.250. The molecule has 0 unspecified atom stereocenters. The van der Waals surface area contributed by atoms with Crippen molar-refractivity contribution in [1.29, 1.82) is 0 Å². The molecule has 0 atom stereocenters. The van der Waals surface area contributed by atoms with Crippen LogP contribution in [0.4, 0.5) is 0 Å². The van der Waals surface area contributed by atoms with E-state index >= 15 is 0 Å². The van der Waals surface area contributed by atoms with Crippen molar-refractivity contribution in [2.45, 2.75) is 0 Å². The molecule has 0 aromatic heterocycles. The van der Waals surface area contributed by atoms with Crippen LogP contribution < -0.4 is 14.2 Å². The molecule has 3 nitrogen and oxygen atoms in total. The highest BCUT2D eigenvalue weighted by molar-refractivity contribution is 6.31. The van der Waals surface area contributed by atoms with Crippen LogP contribution in [-0.2, 0) is 0 Å². The fourth-order valence-corrected chi connectivity index (χ4v) is 1.30. The third kappa shape index (κ3) is 1.06. The Kier molecular flexibility index (Phi) is 1.73. The summed E-state index contributed by atoms with van der Waals surface area (Å²) in [5.74, 6) is 1.87. The molecule has 0 saturated heterocycles. The Morgan fingerprint density at radius 2 is 2.25 bits per heavy atom. The van der Waals surface area contributed by atoms with Gasteiger partial charge in [-0.25, -0.2) is 0 Å². The second kappa shape index (κ2) is 2.75. The van der Waals surface area contributed by atoms with E-state index in [2.05, 4.69) is 0 Å². The quantitative estimate of drug-likeness (QED) is 0.672. The van der Waals surface area contributed by atoms with Gasteiger partial charge in [-0.1, -0.05) is 11.6 Å². The van der Waals surface area contributed by atoms with E-state index in [-0.39, 0.29) is 6.79 Å². The predicted octanol–water partition coefficient (Wildman–Crippen LogP) is 2.08. The molecule has 12 heavy (non-hydrogen) atoms. The molecule has 0 saturated carbocycles. The Hall–Kier alpha value is -1.09. The van der Waals surface area contributed by atoms with Crippen molar-refractivity contribution in [2.75, 3.05) is 13.9 Å². The van der Waals surface area contributed by atoms with Crippen molar-refractivity contribution >= 4 is 11.6 Å². The van der Waals surface area contributed by atoms with Crippen LogP contribution in [0.25, 0.3) is 0 Å². The first-order valence-corrected chi connectivity index (χ1v) is 3.82. The zero-order valence-corrected chi connectivity index (χ0v) is 7.22. The number of halogens is 1. The van der Waals surface area contributed by atoms with Crippen molar-refractivity contribution in [3.8, 4) is 17.2 Å². The summed E-state index contributed by atoms with van der Waals surface area (Å²) >= 11 is 5.79. The van der Waals surface area contributed by atoms with Gasteiger partial charge in [0.25, 0.3) is 0 Å². The lowest BCUT2D eigenvalue weighted by Gasteiger charge is -2.03. The average Bonchev–Trinajstić information content (AvgIpc) is 2.50. The Labute approximate surface area is 74.8 Å². The van der Waals surface area contributed by atoms with E-state index in [4.69, 9.17) is 25.8 Å². The number of hydrogen-bond acceptors (Lipinski definition) is 3. The zero-order valence-electron chi connectivity index (χ0n) is 6.46. The maximum absolute atomic E-state index is 5.79. The van der Waals surface area contributed by atoms with E-state index in [0.717, 1.165) is 0 Å². The van der Waals surface area contributed by atoms with Crippen LogP contribution in [0.5, 0.6) is 17.2 Å². The number of benzene rings is 1. The second-order valence-corrected chi connectivity index (χ2v) is 2.78. The topological polar surface area (TPSA) is 27.7 Å². The number of rotatable bonds is 1. The molecule has 1 aliphatic rings. The predicted molar refractivity (Wildman–Crippen MR) is 44.1 cm³/mol. The molecule has 1 aromatic carbocycles. The van der Waals surface area contributed by atoms with E-state index in [1.165, 1.54) is 0 Å². The molecule has 64 valence electrons. The molecule has 0 aliphatic carbocycles. The second-order valence-electron chi connectivity index (χ2n) is 2.34. The first kappa shape index (κ1) is 7.55. The lowest BCUT2D eigenvalue weighted by molar-refractivity contribution is 0.171. The zero-order chi connectivity index (χ0) is 8.55. The summed E-state index contributed by atoms with van der Waals surface area (Å²) < 4.78 is 15.4. The van der Waals surface area contributed by atoms with E-state index in [1.807, 2.05) is 0 Å². The Morgan fingerprint density at radius 1 is 1.42 bits per heavy atom. The molecule has 0 fully saturated rings. The molecular formula is C8H7ClO3. The van der Waals surface area contributed by atoms with Gasteiger partial charge in [-0.2, -0.15) is 0 Å². The first-order chi connectivity index (χ1) is 5.81. The minimum absolute atomic E-state index is 0.228. The van der Waals surface area contributed by atoms with Crippen molar-refractivity contribution < 1.29 is 14.2 Å². The Balaban J connectivity index is 2.55. The highest BCUT2D eigenvalue weighted by Crippen LogP contribution is 2.42. The van der Waals surface area contributed by atoms with Crippen LogP contribution in [0.15, 0.2) is 12.1 Å². The van der Waals surface area contributed by atoms with Crippen molar-refractivity contribution in [3.63, 3.8) is 0 Å². The first-order valence-electron chi connectivity index (χ1n) is 3.44. The minimum Gasteiger partial charge on any atom is -0.493 e. The van der Waals surface area contributed by atoms with Gasteiger partial charge in [0.05, 0.1) is 7.11 Å². The summed E-state index contributed by atoms with van der Waals surface area (Å²) in [4.78, 5) is 0.